The molecule has 0 spiro atoms. The van der Waals surface area contributed by atoms with Gasteiger partial charge in [-0.2, -0.15) is 0 Å². The average Bonchev–Trinajstić information content (AvgIpc) is 2.54. The lowest BCUT2D eigenvalue weighted by Crippen LogP contribution is -2.07. The number of hydrogen-bond donors (Lipinski definition) is 1. The first-order valence-corrected chi connectivity index (χ1v) is 8.26. The van der Waals surface area contributed by atoms with Crippen molar-refractivity contribution in [3.63, 3.8) is 0 Å². The van der Waals surface area contributed by atoms with Crippen LogP contribution in [0.1, 0.15) is 30.9 Å². The van der Waals surface area contributed by atoms with Crippen molar-refractivity contribution in [1.82, 2.24) is 9.97 Å². The van der Waals surface area contributed by atoms with Crippen LogP contribution in [-0.4, -0.2) is 22.1 Å². The van der Waals surface area contributed by atoms with E-state index in [1.165, 1.54) is 23.4 Å². The van der Waals surface area contributed by atoms with E-state index in [-0.39, 0.29) is 5.91 Å². The molecule has 0 radical (unpaired) electrons. The quantitative estimate of drug-likeness (QED) is 0.515. The van der Waals surface area contributed by atoms with Crippen molar-refractivity contribution in [3.8, 4) is 0 Å². The van der Waals surface area contributed by atoms with Gasteiger partial charge in [-0.25, -0.2) is 9.97 Å². The number of nitrogens with zero attached hydrogens (tertiary/aromatic N) is 2. The number of nitrogens with one attached hydrogen (secondary N) is 1. The van der Waals surface area contributed by atoms with E-state index in [1.54, 1.807) is 18.5 Å². The van der Waals surface area contributed by atoms with Crippen LogP contribution in [0.4, 0.5) is 5.69 Å². The molecule has 0 aliphatic heterocycles. The number of thioether (sulfide) groups is 1. The molecule has 2 rings (SSSR count). The summed E-state index contributed by atoms with van der Waals surface area (Å²) in [7, 11) is 0. The fourth-order valence-electron chi connectivity index (χ4n) is 1.82. The number of rotatable bonds is 5. The maximum atomic E-state index is 11.9. The van der Waals surface area contributed by atoms with E-state index in [9.17, 15) is 4.79 Å². The second-order valence-corrected chi connectivity index (χ2v) is 5.88. The molecular formula is C17H19N3OS. The number of benzene rings is 1. The Balaban J connectivity index is 1.95. The summed E-state index contributed by atoms with van der Waals surface area (Å²) in [5, 5.41) is 3.54. The minimum atomic E-state index is -0.175. The van der Waals surface area contributed by atoms with E-state index in [2.05, 4.69) is 29.1 Å². The Morgan fingerprint density at radius 2 is 1.82 bits per heavy atom. The molecule has 1 amide bonds. The largest absolute Gasteiger partial charge is 0.323 e. The third-order valence-corrected chi connectivity index (χ3v) is 3.68. The van der Waals surface area contributed by atoms with Crippen LogP contribution in [0.3, 0.4) is 0 Å². The molecule has 2 aromatic rings. The first-order chi connectivity index (χ1) is 10.6. The highest BCUT2D eigenvalue weighted by molar-refractivity contribution is 7.98. The zero-order valence-corrected chi connectivity index (χ0v) is 13.7. The lowest BCUT2D eigenvalue weighted by Gasteiger charge is -2.07. The van der Waals surface area contributed by atoms with Crippen molar-refractivity contribution in [1.29, 1.82) is 0 Å². The first kappa shape index (κ1) is 16.2. The molecule has 0 unspecified atom stereocenters. The van der Waals surface area contributed by atoms with Gasteiger partial charge < -0.3 is 5.32 Å². The van der Waals surface area contributed by atoms with Crippen LogP contribution < -0.4 is 5.32 Å². The standard InChI is InChI=1S/C17H19N3OS/c1-12(2)14-5-7-15(8-6-14)20-16(21)9-4-13-10-18-17(22-3)19-11-13/h4-12H,1-3H3,(H,20,21)/b9-4+. The minimum Gasteiger partial charge on any atom is -0.323 e. The van der Waals surface area contributed by atoms with Gasteiger partial charge >= 0.3 is 0 Å². The van der Waals surface area contributed by atoms with Gasteiger partial charge in [-0.3, -0.25) is 4.79 Å². The first-order valence-electron chi connectivity index (χ1n) is 7.03. The van der Waals surface area contributed by atoms with Gasteiger partial charge in [0.2, 0.25) is 5.91 Å². The number of carbonyl (C=O) groups excluding carboxylic acids is 1. The molecule has 5 heteroatoms. The number of aromatic nitrogens is 2. The van der Waals surface area contributed by atoms with Crippen LogP contribution >= 0.6 is 11.8 Å². The van der Waals surface area contributed by atoms with E-state index in [4.69, 9.17) is 0 Å². The van der Waals surface area contributed by atoms with E-state index in [1.807, 2.05) is 30.5 Å². The Morgan fingerprint density at radius 1 is 1.18 bits per heavy atom. The van der Waals surface area contributed by atoms with Crippen LogP contribution in [0, 0.1) is 0 Å². The predicted molar refractivity (Wildman–Crippen MR) is 92.0 cm³/mol. The predicted octanol–water partition coefficient (Wildman–Crippen LogP) is 3.97. The molecule has 22 heavy (non-hydrogen) atoms. The second kappa shape index (κ2) is 7.75. The minimum absolute atomic E-state index is 0.175. The van der Waals surface area contributed by atoms with Gasteiger partial charge in [-0.15, -0.1) is 0 Å². The molecule has 1 aromatic heterocycles. The van der Waals surface area contributed by atoms with Gasteiger partial charge in [0.15, 0.2) is 5.16 Å². The van der Waals surface area contributed by atoms with Gasteiger partial charge in [0, 0.05) is 29.7 Å². The maximum absolute atomic E-state index is 11.9. The molecule has 0 atom stereocenters. The number of anilines is 1. The van der Waals surface area contributed by atoms with Crippen LogP contribution in [0.5, 0.6) is 0 Å². The highest BCUT2D eigenvalue weighted by atomic mass is 32.2. The van der Waals surface area contributed by atoms with Gasteiger partial charge in [0.1, 0.15) is 0 Å². The summed E-state index contributed by atoms with van der Waals surface area (Å²) in [5.41, 5.74) is 2.83. The normalized spacial score (nSPS) is 11.1. The summed E-state index contributed by atoms with van der Waals surface area (Å²) >= 11 is 1.48. The summed E-state index contributed by atoms with van der Waals surface area (Å²) in [6, 6.07) is 7.88. The molecule has 0 saturated carbocycles. The lowest BCUT2D eigenvalue weighted by atomic mass is 10.0. The van der Waals surface area contributed by atoms with Crippen molar-refractivity contribution in [3.05, 3.63) is 53.9 Å². The number of amides is 1. The highest BCUT2D eigenvalue weighted by Gasteiger charge is 2.01. The molecule has 4 nitrogen and oxygen atoms in total. The number of hydrogen-bond acceptors (Lipinski definition) is 4. The second-order valence-electron chi connectivity index (χ2n) is 5.10. The fourth-order valence-corrected chi connectivity index (χ4v) is 2.14. The monoisotopic (exact) mass is 313 g/mol. The Kier molecular flexibility index (Phi) is 5.72. The highest BCUT2D eigenvalue weighted by Crippen LogP contribution is 2.17. The Hall–Kier alpha value is -2.14. The van der Waals surface area contributed by atoms with E-state index in [0.29, 0.717) is 11.1 Å². The summed E-state index contributed by atoms with van der Waals surface area (Å²) < 4.78 is 0. The van der Waals surface area contributed by atoms with Gasteiger partial charge in [0.25, 0.3) is 0 Å². The van der Waals surface area contributed by atoms with Crippen LogP contribution in [-0.2, 0) is 4.79 Å². The van der Waals surface area contributed by atoms with Gasteiger partial charge in [-0.1, -0.05) is 37.7 Å². The molecule has 0 aliphatic carbocycles. The van der Waals surface area contributed by atoms with Crippen molar-refractivity contribution in [2.24, 2.45) is 0 Å². The van der Waals surface area contributed by atoms with Gasteiger partial charge in [-0.05, 0) is 35.9 Å². The van der Waals surface area contributed by atoms with Crippen LogP contribution in [0.25, 0.3) is 6.08 Å². The lowest BCUT2D eigenvalue weighted by molar-refractivity contribution is -0.111. The molecule has 0 fully saturated rings. The van der Waals surface area contributed by atoms with Crippen molar-refractivity contribution in [2.75, 3.05) is 11.6 Å². The third kappa shape index (κ3) is 4.70. The summed E-state index contributed by atoms with van der Waals surface area (Å²) in [6.45, 7) is 4.28. The average molecular weight is 313 g/mol. The zero-order chi connectivity index (χ0) is 15.9. The summed E-state index contributed by atoms with van der Waals surface area (Å²) in [5.74, 6) is 0.306. The zero-order valence-electron chi connectivity index (χ0n) is 12.9. The van der Waals surface area contributed by atoms with Crippen molar-refractivity contribution in [2.45, 2.75) is 24.9 Å². The van der Waals surface area contributed by atoms with E-state index >= 15 is 0 Å². The van der Waals surface area contributed by atoms with E-state index < -0.39 is 0 Å². The molecule has 0 aliphatic rings. The maximum Gasteiger partial charge on any atom is 0.248 e. The molecule has 114 valence electrons. The molecule has 1 N–H and O–H groups in total. The Morgan fingerprint density at radius 3 is 2.36 bits per heavy atom. The third-order valence-electron chi connectivity index (χ3n) is 3.10. The molecule has 0 saturated heterocycles. The molecule has 1 heterocycles. The topological polar surface area (TPSA) is 54.9 Å². The van der Waals surface area contributed by atoms with E-state index in [0.717, 1.165) is 11.3 Å². The van der Waals surface area contributed by atoms with Crippen LogP contribution in [0.15, 0.2) is 47.9 Å². The smallest absolute Gasteiger partial charge is 0.248 e. The molecule has 1 aromatic carbocycles. The Bertz CT molecular complexity index is 649. The fraction of sp³-hybridized carbons (Fsp3) is 0.235. The number of carbonyl (C=O) groups is 1. The summed E-state index contributed by atoms with van der Waals surface area (Å²) in [6.07, 6.45) is 8.48. The molecular weight excluding hydrogens is 294 g/mol. The molecule has 0 bridgehead atoms. The Labute approximate surface area is 135 Å². The summed E-state index contributed by atoms with van der Waals surface area (Å²) in [4.78, 5) is 20.2. The van der Waals surface area contributed by atoms with Crippen molar-refractivity contribution >= 4 is 29.4 Å². The van der Waals surface area contributed by atoms with Crippen LogP contribution in [0.2, 0.25) is 0 Å². The van der Waals surface area contributed by atoms with Gasteiger partial charge in [0.05, 0.1) is 0 Å². The van der Waals surface area contributed by atoms with Crippen molar-refractivity contribution < 1.29 is 4.79 Å². The SMILES string of the molecule is CSc1ncc(/C=C/C(=O)Nc2ccc(C(C)C)cc2)cn1.